The summed E-state index contributed by atoms with van der Waals surface area (Å²) in [4.78, 5) is 35.7. The molecule has 9 heteroatoms. The van der Waals surface area contributed by atoms with Crippen molar-refractivity contribution in [3.63, 3.8) is 0 Å². The van der Waals surface area contributed by atoms with E-state index in [9.17, 15) is 24.6 Å². The molecule has 0 aliphatic carbocycles. The van der Waals surface area contributed by atoms with Crippen LogP contribution in [-0.4, -0.2) is 32.6 Å². The number of carbonyl (C=O) groups excluding carboxylic acids is 2. The van der Waals surface area contributed by atoms with Crippen LogP contribution in [0.5, 0.6) is 5.88 Å². The zero-order valence-electron chi connectivity index (χ0n) is 17.2. The Morgan fingerprint density at radius 3 is 2.30 bits per heavy atom. The van der Waals surface area contributed by atoms with Gasteiger partial charge >= 0.3 is 17.8 Å². The van der Waals surface area contributed by atoms with E-state index in [0.29, 0.717) is 17.4 Å². The molecule has 3 N–H and O–H groups in total. The second-order valence-corrected chi connectivity index (χ2v) is 7.07. The van der Waals surface area contributed by atoms with Crippen molar-refractivity contribution < 1.29 is 24.6 Å². The zero-order valence-corrected chi connectivity index (χ0v) is 17.2. The summed E-state index contributed by atoms with van der Waals surface area (Å²) in [5.41, 5.74) is 1.47. The van der Waals surface area contributed by atoms with Gasteiger partial charge in [-0.2, -0.15) is 0 Å². The van der Waals surface area contributed by atoms with Crippen LogP contribution in [0.15, 0.2) is 89.1 Å². The van der Waals surface area contributed by atoms with Crippen molar-refractivity contribution in [2.45, 2.75) is 6.54 Å². The fourth-order valence-corrected chi connectivity index (χ4v) is 3.39. The first-order valence-corrected chi connectivity index (χ1v) is 9.89. The standard InChI is InChI=1S/C24H18N4O5/c29-21(25-18-12-6-4-10-16(18)24(32)33)22(30)27-26-20-17-11-5-7-13-19(17)28(23(20)31)14-15-8-2-1-3-9-15/h1-13,31H,14H2,(H,25,29)(H,32,33). The topological polar surface area (TPSA) is 133 Å². The number of aromatic nitrogens is 1. The summed E-state index contributed by atoms with van der Waals surface area (Å²) in [5, 5.41) is 30.1. The van der Waals surface area contributed by atoms with Gasteiger partial charge in [-0.05, 0) is 23.8 Å². The van der Waals surface area contributed by atoms with Gasteiger partial charge in [-0.15, -0.1) is 10.2 Å². The van der Waals surface area contributed by atoms with Crippen LogP contribution in [0.4, 0.5) is 11.4 Å². The number of carboxylic acids is 1. The number of fused-ring (bicyclic) bond motifs is 1. The number of aromatic hydroxyl groups is 1. The number of benzene rings is 3. The van der Waals surface area contributed by atoms with Crippen LogP contribution in [0.1, 0.15) is 15.9 Å². The van der Waals surface area contributed by atoms with Gasteiger partial charge in [0.05, 0.1) is 23.3 Å². The number of carboxylic acid groups (broad SMARTS) is 1. The third-order valence-electron chi connectivity index (χ3n) is 4.94. The molecule has 33 heavy (non-hydrogen) atoms. The number of nitrogens with zero attached hydrogens (tertiary/aromatic N) is 3. The Labute approximate surface area is 187 Å². The van der Waals surface area contributed by atoms with Gasteiger partial charge in [0.1, 0.15) is 0 Å². The van der Waals surface area contributed by atoms with E-state index in [-0.39, 0.29) is 22.8 Å². The molecule has 0 fully saturated rings. The van der Waals surface area contributed by atoms with Gasteiger partial charge in [0.25, 0.3) is 0 Å². The van der Waals surface area contributed by atoms with Gasteiger partial charge in [0, 0.05) is 5.39 Å². The van der Waals surface area contributed by atoms with Crippen molar-refractivity contribution in [2.24, 2.45) is 10.2 Å². The van der Waals surface area contributed by atoms with Gasteiger partial charge in [-0.25, -0.2) is 4.79 Å². The number of nitrogens with one attached hydrogen (secondary N) is 1. The third kappa shape index (κ3) is 4.47. The molecular weight excluding hydrogens is 424 g/mol. The Bertz CT molecular complexity index is 1390. The molecule has 164 valence electrons. The van der Waals surface area contributed by atoms with Crippen molar-refractivity contribution in [3.8, 4) is 5.88 Å². The van der Waals surface area contributed by atoms with Crippen LogP contribution in [0.3, 0.4) is 0 Å². The van der Waals surface area contributed by atoms with E-state index >= 15 is 0 Å². The van der Waals surface area contributed by atoms with Gasteiger partial charge in [-0.3, -0.25) is 9.59 Å². The van der Waals surface area contributed by atoms with Crippen molar-refractivity contribution in [1.82, 2.24) is 4.57 Å². The third-order valence-corrected chi connectivity index (χ3v) is 4.94. The number of carbonyl (C=O) groups is 3. The van der Waals surface area contributed by atoms with Crippen molar-refractivity contribution in [2.75, 3.05) is 5.32 Å². The molecule has 0 spiro atoms. The molecule has 4 rings (SSSR count). The average Bonchev–Trinajstić information content (AvgIpc) is 3.09. The van der Waals surface area contributed by atoms with Gasteiger partial charge in [-0.1, -0.05) is 60.7 Å². The number of rotatable bonds is 5. The molecule has 0 aliphatic rings. The maximum Gasteiger partial charge on any atom is 0.353 e. The number of azo groups is 1. The SMILES string of the molecule is O=C(N=Nc1c(O)n(Cc2ccccc2)c2ccccc12)C(=O)Nc1ccccc1C(=O)O. The number of hydrogen-bond donors (Lipinski definition) is 3. The van der Waals surface area contributed by atoms with Crippen LogP contribution in [0.25, 0.3) is 10.9 Å². The molecule has 0 saturated carbocycles. The van der Waals surface area contributed by atoms with Crippen LogP contribution >= 0.6 is 0 Å². The molecule has 0 unspecified atom stereocenters. The van der Waals surface area contributed by atoms with Crippen LogP contribution < -0.4 is 5.32 Å². The lowest BCUT2D eigenvalue weighted by atomic mass is 10.2. The minimum Gasteiger partial charge on any atom is -0.493 e. The monoisotopic (exact) mass is 442 g/mol. The van der Waals surface area contributed by atoms with E-state index in [0.717, 1.165) is 5.56 Å². The van der Waals surface area contributed by atoms with E-state index in [1.807, 2.05) is 36.4 Å². The van der Waals surface area contributed by atoms with Crippen LogP contribution in [0.2, 0.25) is 0 Å². The Kier molecular flexibility index (Phi) is 5.94. The van der Waals surface area contributed by atoms with Crippen molar-refractivity contribution >= 4 is 40.1 Å². The minimum atomic E-state index is -1.25. The Morgan fingerprint density at radius 2 is 1.55 bits per heavy atom. The smallest absolute Gasteiger partial charge is 0.353 e. The average molecular weight is 442 g/mol. The maximum atomic E-state index is 12.2. The van der Waals surface area contributed by atoms with Crippen molar-refractivity contribution in [1.29, 1.82) is 0 Å². The Hall–Kier alpha value is -4.79. The molecule has 0 saturated heterocycles. The molecule has 1 aromatic heterocycles. The van der Waals surface area contributed by atoms with Crippen LogP contribution in [-0.2, 0) is 16.1 Å². The van der Waals surface area contributed by atoms with Crippen molar-refractivity contribution in [3.05, 3.63) is 90.0 Å². The normalized spacial score (nSPS) is 11.0. The highest BCUT2D eigenvalue weighted by Crippen LogP contribution is 2.39. The summed E-state index contributed by atoms with van der Waals surface area (Å²) in [6.07, 6.45) is 0. The molecular formula is C24H18N4O5. The Balaban J connectivity index is 1.60. The predicted molar refractivity (Wildman–Crippen MR) is 121 cm³/mol. The summed E-state index contributed by atoms with van der Waals surface area (Å²) in [5.74, 6) is -3.85. The first-order valence-electron chi connectivity index (χ1n) is 9.89. The fourth-order valence-electron chi connectivity index (χ4n) is 3.39. The molecule has 0 radical (unpaired) electrons. The first-order chi connectivity index (χ1) is 16.0. The number of para-hydroxylation sites is 2. The molecule has 0 atom stereocenters. The lowest BCUT2D eigenvalue weighted by molar-refractivity contribution is -0.134. The van der Waals surface area contributed by atoms with Gasteiger partial charge in [0.2, 0.25) is 5.88 Å². The number of aromatic carboxylic acids is 1. The summed E-state index contributed by atoms with van der Waals surface area (Å²) >= 11 is 0. The highest BCUT2D eigenvalue weighted by atomic mass is 16.4. The lowest BCUT2D eigenvalue weighted by Gasteiger charge is -2.07. The summed E-state index contributed by atoms with van der Waals surface area (Å²) < 4.78 is 1.63. The molecule has 0 aliphatic heterocycles. The molecule has 3 aromatic carbocycles. The number of anilines is 1. The maximum absolute atomic E-state index is 12.2. The van der Waals surface area contributed by atoms with E-state index in [1.165, 1.54) is 24.3 Å². The zero-order chi connectivity index (χ0) is 23.4. The first kappa shape index (κ1) is 21.4. The highest BCUT2D eigenvalue weighted by Gasteiger charge is 2.20. The quantitative estimate of drug-likeness (QED) is 0.312. The minimum absolute atomic E-state index is 0.0409. The molecule has 0 bridgehead atoms. The summed E-state index contributed by atoms with van der Waals surface area (Å²) in [6, 6.07) is 22.2. The van der Waals surface area contributed by atoms with E-state index < -0.39 is 17.8 Å². The Morgan fingerprint density at radius 1 is 0.879 bits per heavy atom. The molecule has 1 heterocycles. The lowest BCUT2D eigenvalue weighted by Crippen LogP contribution is -2.22. The van der Waals surface area contributed by atoms with Gasteiger partial charge < -0.3 is 20.1 Å². The predicted octanol–water partition coefficient (Wildman–Crippen LogP) is 4.34. The number of amides is 2. The molecule has 4 aromatic rings. The van der Waals surface area contributed by atoms with E-state index in [2.05, 4.69) is 15.5 Å². The second kappa shape index (κ2) is 9.15. The number of hydrogen-bond acceptors (Lipinski definition) is 5. The second-order valence-electron chi connectivity index (χ2n) is 7.07. The molecule has 9 nitrogen and oxygen atoms in total. The van der Waals surface area contributed by atoms with E-state index in [1.54, 1.807) is 22.8 Å². The van der Waals surface area contributed by atoms with Gasteiger partial charge in [0.15, 0.2) is 5.69 Å². The summed E-state index contributed by atoms with van der Waals surface area (Å²) in [6.45, 7) is 0.364. The van der Waals surface area contributed by atoms with Crippen LogP contribution in [0, 0.1) is 0 Å². The fraction of sp³-hybridized carbons (Fsp3) is 0.0417. The summed E-state index contributed by atoms with van der Waals surface area (Å²) in [7, 11) is 0. The highest BCUT2D eigenvalue weighted by molar-refractivity contribution is 6.40. The van der Waals surface area contributed by atoms with E-state index in [4.69, 9.17) is 0 Å². The molecule has 2 amide bonds. The largest absolute Gasteiger partial charge is 0.493 e.